The zero-order chi connectivity index (χ0) is 15.0. The molecule has 3 nitrogen and oxygen atoms in total. The predicted molar refractivity (Wildman–Crippen MR) is 71.7 cm³/mol. The van der Waals surface area contributed by atoms with E-state index in [0.717, 1.165) is 18.2 Å². The van der Waals surface area contributed by atoms with Crippen molar-refractivity contribution in [2.75, 3.05) is 5.73 Å². The van der Waals surface area contributed by atoms with Crippen LogP contribution >= 0.6 is 0 Å². The molecule has 21 heavy (non-hydrogen) atoms. The van der Waals surface area contributed by atoms with E-state index in [1.165, 1.54) is 24.3 Å². The second-order valence-electron chi connectivity index (χ2n) is 4.44. The van der Waals surface area contributed by atoms with E-state index in [2.05, 4.69) is 5.16 Å². The lowest BCUT2D eigenvalue weighted by Gasteiger charge is -2.04. The van der Waals surface area contributed by atoms with E-state index in [9.17, 15) is 13.2 Å². The monoisotopic (exact) mass is 290 g/mol. The van der Waals surface area contributed by atoms with E-state index in [1.54, 1.807) is 0 Å². The summed E-state index contributed by atoms with van der Waals surface area (Å²) in [6.07, 6.45) is 0. The molecule has 0 atom stereocenters. The highest BCUT2D eigenvalue weighted by molar-refractivity contribution is 5.86. The standard InChI is InChI=1S/C15H9F3N2O/c16-10-3-1-8(2-4-10)14-13(15(19)21-20-14)9-5-11(17)7-12(18)6-9/h1-7H,19H2. The molecule has 0 bridgehead atoms. The summed E-state index contributed by atoms with van der Waals surface area (Å²) in [4.78, 5) is 0. The summed E-state index contributed by atoms with van der Waals surface area (Å²) in [6.45, 7) is 0. The van der Waals surface area contributed by atoms with Crippen molar-refractivity contribution in [3.05, 3.63) is 59.9 Å². The molecule has 0 saturated heterocycles. The summed E-state index contributed by atoms with van der Waals surface area (Å²) in [5.41, 5.74) is 6.97. The highest BCUT2D eigenvalue weighted by atomic mass is 19.1. The van der Waals surface area contributed by atoms with Gasteiger partial charge in [0.1, 0.15) is 23.1 Å². The van der Waals surface area contributed by atoms with Gasteiger partial charge < -0.3 is 10.3 Å². The van der Waals surface area contributed by atoms with Crippen LogP contribution in [0.5, 0.6) is 0 Å². The molecule has 0 aliphatic heterocycles. The van der Waals surface area contributed by atoms with Gasteiger partial charge >= 0.3 is 0 Å². The number of nitrogens with zero attached hydrogens (tertiary/aromatic N) is 1. The van der Waals surface area contributed by atoms with Crippen LogP contribution in [0.25, 0.3) is 22.4 Å². The predicted octanol–water partition coefficient (Wildman–Crippen LogP) is 4.01. The third-order valence-electron chi connectivity index (χ3n) is 2.99. The maximum Gasteiger partial charge on any atom is 0.230 e. The average molecular weight is 290 g/mol. The molecule has 3 rings (SSSR count). The fraction of sp³-hybridized carbons (Fsp3) is 0. The SMILES string of the molecule is Nc1onc(-c2ccc(F)cc2)c1-c1cc(F)cc(F)c1. The molecule has 0 radical (unpaired) electrons. The zero-order valence-electron chi connectivity index (χ0n) is 10.6. The summed E-state index contributed by atoms with van der Waals surface area (Å²) in [5.74, 6) is -1.96. The van der Waals surface area contributed by atoms with Crippen molar-refractivity contribution in [2.24, 2.45) is 0 Å². The molecule has 3 aromatic rings. The first-order valence-electron chi connectivity index (χ1n) is 6.02. The van der Waals surface area contributed by atoms with Gasteiger partial charge in [0.2, 0.25) is 5.88 Å². The number of anilines is 1. The Labute approximate surface area is 117 Å². The van der Waals surface area contributed by atoms with Crippen molar-refractivity contribution in [3.63, 3.8) is 0 Å². The number of hydrogen-bond donors (Lipinski definition) is 1. The quantitative estimate of drug-likeness (QED) is 0.776. The molecule has 0 amide bonds. The number of aromatic nitrogens is 1. The smallest absolute Gasteiger partial charge is 0.230 e. The van der Waals surface area contributed by atoms with Gasteiger partial charge in [-0.05, 0) is 42.0 Å². The van der Waals surface area contributed by atoms with Crippen LogP contribution in [0.1, 0.15) is 0 Å². The summed E-state index contributed by atoms with van der Waals surface area (Å²) >= 11 is 0. The van der Waals surface area contributed by atoms with Crippen LogP contribution in [-0.4, -0.2) is 5.16 Å². The Bertz CT molecular complexity index is 777. The van der Waals surface area contributed by atoms with Crippen LogP contribution in [0, 0.1) is 17.5 Å². The normalized spacial score (nSPS) is 10.8. The van der Waals surface area contributed by atoms with Crippen molar-refractivity contribution >= 4 is 5.88 Å². The van der Waals surface area contributed by atoms with E-state index >= 15 is 0 Å². The lowest BCUT2D eigenvalue weighted by atomic mass is 10.0. The fourth-order valence-corrected chi connectivity index (χ4v) is 2.08. The molecule has 1 heterocycles. The number of nitrogens with two attached hydrogens (primary N) is 1. The maximum absolute atomic E-state index is 13.4. The Kier molecular flexibility index (Phi) is 3.13. The number of rotatable bonds is 2. The first-order chi connectivity index (χ1) is 10.0. The van der Waals surface area contributed by atoms with E-state index in [1.807, 2.05) is 0 Å². The lowest BCUT2D eigenvalue weighted by molar-refractivity contribution is 0.439. The molecule has 0 aliphatic rings. The molecule has 0 aliphatic carbocycles. The third kappa shape index (κ3) is 2.47. The van der Waals surface area contributed by atoms with Gasteiger partial charge in [-0.2, -0.15) is 0 Å². The summed E-state index contributed by atoms with van der Waals surface area (Å²) in [6, 6.07) is 8.45. The van der Waals surface area contributed by atoms with Gasteiger partial charge in [-0.25, -0.2) is 13.2 Å². The molecule has 106 valence electrons. The molecule has 0 fully saturated rings. The molecule has 0 saturated carbocycles. The van der Waals surface area contributed by atoms with E-state index < -0.39 is 17.5 Å². The first-order valence-corrected chi connectivity index (χ1v) is 6.02. The topological polar surface area (TPSA) is 52.0 Å². The van der Waals surface area contributed by atoms with Gasteiger partial charge in [0.05, 0.1) is 5.56 Å². The Morgan fingerprint density at radius 1 is 0.810 bits per heavy atom. The number of benzene rings is 2. The minimum atomic E-state index is -0.740. The molecule has 0 spiro atoms. The molecule has 2 aromatic carbocycles. The molecule has 1 aromatic heterocycles. The lowest BCUT2D eigenvalue weighted by Crippen LogP contribution is -1.90. The molecular weight excluding hydrogens is 281 g/mol. The Morgan fingerprint density at radius 3 is 2.05 bits per heavy atom. The van der Waals surface area contributed by atoms with E-state index in [0.29, 0.717) is 5.56 Å². The number of nitrogen functional groups attached to an aromatic ring is 1. The van der Waals surface area contributed by atoms with Crippen molar-refractivity contribution in [1.82, 2.24) is 5.16 Å². The fourth-order valence-electron chi connectivity index (χ4n) is 2.08. The molecular formula is C15H9F3N2O. The average Bonchev–Trinajstić information content (AvgIpc) is 2.80. The minimum absolute atomic E-state index is 0.0701. The molecule has 6 heteroatoms. The Hall–Kier alpha value is -2.76. The van der Waals surface area contributed by atoms with Gasteiger partial charge in [0, 0.05) is 11.6 Å². The largest absolute Gasteiger partial charge is 0.367 e. The van der Waals surface area contributed by atoms with Crippen LogP contribution in [0.2, 0.25) is 0 Å². The molecule has 2 N–H and O–H groups in total. The van der Waals surface area contributed by atoms with Crippen LogP contribution in [0.4, 0.5) is 19.1 Å². The second-order valence-corrected chi connectivity index (χ2v) is 4.44. The summed E-state index contributed by atoms with van der Waals surface area (Å²) in [5, 5.41) is 3.78. The Morgan fingerprint density at radius 2 is 1.43 bits per heavy atom. The van der Waals surface area contributed by atoms with Gasteiger partial charge in [-0.15, -0.1) is 0 Å². The van der Waals surface area contributed by atoms with Crippen LogP contribution < -0.4 is 5.73 Å². The number of halogens is 3. The highest BCUT2D eigenvalue weighted by Crippen LogP contribution is 2.36. The summed E-state index contributed by atoms with van der Waals surface area (Å²) in [7, 11) is 0. The van der Waals surface area contributed by atoms with Crippen LogP contribution in [0.3, 0.4) is 0 Å². The van der Waals surface area contributed by atoms with Gasteiger partial charge in [0.25, 0.3) is 0 Å². The van der Waals surface area contributed by atoms with E-state index in [-0.39, 0.29) is 22.7 Å². The van der Waals surface area contributed by atoms with Gasteiger partial charge in [-0.1, -0.05) is 5.16 Å². The zero-order valence-corrected chi connectivity index (χ0v) is 10.6. The third-order valence-corrected chi connectivity index (χ3v) is 2.99. The van der Waals surface area contributed by atoms with Crippen LogP contribution in [-0.2, 0) is 0 Å². The molecule has 0 unspecified atom stereocenters. The second kappa shape index (κ2) is 4.97. The van der Waals surface area contributed by atoms with Crippen molar-refractivity contribution in [3.8, 4) is 22.4 Å². The van der Waals surface area contributed by atoms with Crippen molar-refractivity contribution < 1.29 is 17.7 Å². The van der Waals surface area contributed by atoms with Gasteiger partial charge in [-0.3, -0.25) is 0 Å². The van der Waals surface area contributed by atoms with Gasteiger partial charge in [0.15, 0.2) is 0 Å². The van der Waals surface area contributed by atoms with E-state index in [4.69, 9.17) is 10.3 Å². The van der Waals surface area contributed by atoms with Crippen LogP contribution in [0.15, 0.2) is 47.0 Å². The highest BCUT2D eigenvalue weighted by Gasteiger charge is 2.18. The summed E-state index contributed by atoms with van der Waals surface area (Å²) < 4.78 is 44.6. The number of hydrogen-bond acceptors (Lipinski definition) is 3. The Balaban J connectivity index is 2.19. The minimum Gasteiger partial charge on any atom is -0.367 e. The first kappa shape index (κ1) is 13.2. The maximum atomic E-state index is 13.4. The van der Waals surface area contributed by atoms with Crippen molar-refractivity contribution in [2.45, 2.75) is 0 Å². The van der Waals surface area contributed by atoms with Crippen molar-refractivity contribution in [1.29, 1.82) is 0 Å².